The van der Waals surface area contributed by atoms with Crippen LogP contribution in [0, 0.1) is 0 Å². The third kappa shape index (κ3) is 12.9. The number of hydrogen-bond acceptors (Lipinski definition) is 11. The standard InChI is InChI=1S/C38H62N8O6S/c1-28(2)53(49,50)45-23-21-43(22-24-45)33-25-32(39)41-34(42-33)40-26-29-15-17-30(18-16-29)27-44(35(47)51-37(3,4)5)19-12-20-46(31-13-10-9-11-14-31)36(48)52-38(6,7)8/h15-18,25,28,31H,9-14,19-24,26-27H2,1-8H3,(H3,39,40,41,42). The van der Waals surface area contributed by atoms with E-state index in [-0.39, 0.29) is 12.1 Å². The second-order valence-electron chi connectivity index (χ2n) is 16.3. The molecule has 2 aliphatic rings. The molecule has 2 aromatic rings. The fourth-order valence-corrected chi connectivity index (χ4v) is 7.73. The molecule has 1 aliphatic heterocycles. The molecule has 0 unspecified atom stereocenters. The largest absolute Gasteiger partial charge is 0.444 e. The molecule has 0 radical (unpaired) electrons. The van der Waals surface area contributed by atoms with E-state index in [2.05, 4.69) is 15.3 Å². The fourth-order valence-electron chi connectivity index (χ4n) is 6.46. The van der Waals surface area contributed by atoms with E-state index in [0.717, 1.165) is 36.8 Å². The van der Waals surface area contributed by atoms with Crippen molar-refractivity contribution in [1.29, 1.82) is 0 Å². The van der Waals surface area contributed by atoms with E-state index in [1.54, 1.807) is 24.8 Å². The molecule has 3 N–H and O–H groups in total. The van der Waals surface area contributed by atoms with Gasteiger partial charge in [0.1, 0.15) is 22.8 Å². The predicted molar refractivity (Wildman–Crippen MR) is 209 cm³/mol. The Hall–Kier alpha value is -3.85. The molecule has 1 aliphatic carbocycles. The van der Waals surface area contributed by atoms with Gasteiger partial charge in [-0.25, -0.2) is 18.0 Å². The lowest BCUT2D eigenvalue weighted by molar-refractivity contribution is 0.00969. The zero-order valence-electron chi connectivity index (χ0n) is 33.1. The molecular weight excluding hydrogens is 697 g/mol. The van der Waals surface area contributed by atoms with Crippen molar-refractivity contribution in [3.05, 3.63) is 41.5 Å². The highest BCUT2D eigenvalue weighted by atomic mass is 32.2. The number of anilines is 3. The number of nitrogens with two attached hydrogens (primary N) is 1. The van der Waals surface area contributed by atoms with Crippen molar-refractivity contribution in [3.8, 4) is 0 Å². The van der Waals surface area contributed by atoms with Gasteiger partial charge in [-0.05, 0) is 85.8 Å². The molecule has 296 valence electrons. The fraction of sp³-hybridized carbons (Fsp3) is 0.684. The normalized spacial score (nSPS) is 16.4. The highest BCUT2D eigenvalue weighted by molar-refractivity contribution is 7.89. The van der Waals surface area contributed by atoms with Gasteiger partial charge in [0.25, 0.3) is 0 Å². The number of piperazine rings is 1. The van der Waals surface area contributed by atoms with Gasteiger partial charge >= 0.3 is 12.2 Å². The Labute approximate surface area is 316 Å². The molecule has 2 fully saturated rings. The van der Waals surface area contributed by atoms with E-state index in [1.165, 1.54) is 10.7 Å². The predicted octanol–water partition coefficient (Wildman–Crippen LogP) is 6.23. The van der Waals surface area contributed by atoms with Crippen LogP contribution in [-0.4, -0.2) is 106 Å². The molecule has 2 heterocycles. The molecule has 4 rings (SSSR count). The van der Waals surface area contributed by atoms with Gasteiger partial charge in [0.15, 0.2) is 0 Å². The van der Waals surface area contributed by atoms with Crippen LogP contribution >= 0.6 is 0 Å². The monoisotopic (exact) mass is 758 g/mol. The van der Waals surface area contributed by atoms with E-state index >= 15 is 0 Å². The lowest BCUT2D eigenvalue weighted by Gasteiger charge is -2.36. The van der Waals surface area contributed by atoms with Crippen LogP contribution in [0.4, 0.5) is 27.2 Å². The summed E-state index contributed by atoms with van der Waals surface area (Å²) in [5.74, 6) is 1.35. The number of nitrogens with zero attached hydrogens (tertiary/aromatic N) is 6. The van der Waals surface area contributed by atoms with Crippen molar-refractivity contribution >= 4 is 39.8 Å². The summed E-state index contributed by atoms with van der Waals surface area (Å²) < 4.78 is 38.3. The molecule has 14 nitrogen and oxygen atoms in total. The highest BCUT2D eigenvalue weighted by Gasteiger charge is 2.31. The van der Waals surface area contributed by atoms with Crippen LogP contribution in [0.1, 0.15) is 105 Å². The van der Waals surface area contributed by atoms with Gasteiger partial charge in [-0.1, -0.05) is 43.5 Å². The molecule has 1 saturated carbocycles. The summed E-state index contributed by atoms with van der Waals surface area (Å²) in [7, 11) is -3.31. The second kappa shape index (κ2) is 18.0. The number of carbonyl (C=O) groups is 2. The van der Waals surface area contributed by atoms with Gasteiger partial charge in [-0.2, -0.15) is 14.3 Å². The maximum atomic E-state index is 13.4. The Kier molecular flexibility index (Phi) is 14.2. The van der Waals surface area contributed by atoms with E-state index in [9.17, 15) is 18.0 Å². The molecular formula is C38H62N8O6S. The minimum absolute atomic E-state index is 0.144. The van der Waals surface area contributed by atoms with Gasteiger partial charge in [0, 0.05) is 64.5 Å². The minimum Gasteiger partial charge on any atom is -0.444 e. The van der Waals surface area contributed by atoms with E-state index in [4.69, 9.17) is 15.2 Å². The van der Waals surface area contributed by atoms with E-state index in [0.29, 0.717) is 76.4 Å². The Balaban J connectivity index is 1.37. The topological polar surface area (TPSA) is 164 Å². The molecule has 1 aromatic carbocycles. The Morgan fingerprint density at radius 2 is 1.47 bits per heavy atom. The van der Waals surface area contributed by atoms with Crippen LogP contribution in [0.25, 0.3) is 0 Å². The molecule has 0 spiro atoms. The van der Waals surface area contributed by atoms with Gasteiger partial charge < -0.3 is 35.2 Å². The lowest BCUT2D eigenvalue weighted by Crippen LogP contribution is -2.50. The molecule has 15 heteroatoms. The summed E-state index contributed by atoms with van der Waals surface area (Å²) in [5.41, 5.74) is 6.82. The second-order valence-corrected chi connectivity index (χ2v) is 18.8. The van der Waals surface area contributed by atoms with E-state index in [1.807, 2.05) is 75.6 Å². The number of nitrogens with one attached hydrogen (secondary N) is 1. The third-order valence-electron chi connectivity index (χ3n) is 9.22. The number of rotatable bonds is 13. The Morgan fingerprint density at radius 3 is 2.06 bits per heavy atom. The molecule has 0 atom stereocenters. The number of amides is 2. The Morgan fingerprint density at radius 1 is 0.887 bits per heavy atom. The van der Waals surface area contributed by atoms with Crippen LogP contribution < -0.4 is 16.0 Å². The van der Waals surface area contributed by atoms with Crippen molar-refractivity contribution in [2.45, 2.75) is 129 Å². The minimum atomic E-state index is -3.31. The third-order valence-corrected chi connectivity index (χ3v) is 11.5. The SMILES string of the molecule is CC(C)S(=O)(=O)N1CCN(c2cc(N)nc(NCc3ccc(CN(CCCN(C(=O)OC(C)(C)C)C4CCCCC4)C(=O)OC(C)(C)C)cc3)n2)CC1. The molecule has 2 amide bonds. The first kappa shape index (κ1) is 41.9. The first-order valence-corrected chi connectivity index (χ1v) is 20.5. The van der Waals surface area contributed by atoms with Crippen molar-refractivity contribution in [3.63, 3.8) is 0 Å². The van der Waals surface area contributed by atoms with Crippen LogP contribution in [0.2, 0.25) is 0 Å². The maximum Gasteiger partial charge on any atom is 0.410 e. The average molecular weight is 759 g/mol. The number of sulfonamides is 1. The number of benzene rings is 1. The summed E-state index contributed by atoms with van der Waals surface area (Å²) in [4.78, 5) is 41.2. The summed E-state index contributed by atoms with van der Waals surface area (Å²) >= 11 is 0. The average Bonchev–Trinajstić information content (AvgIpc) is 3.07. The van der Waals surface area contributed by atoms with Gasteiger partial charge in [-0.3, -0.25) is 0 Å². The first-order valence-electron chi connectivity index (χ1n) is 19.0. The smallest absolute Gasteiger partial charge is 0.410 e. The van der Waals surface area contributed by atoms with Crippen LogP contribution in [0.3, 0.4) is 0 Å². The molecule has 0 bridgehead atoms. The summed E-state index contributed by atoms with van der Waals surface area (Å²) in [6.45, 7) is 18.1. The maximum absolute atomic E-state index is 13.4. The van der Waals surface area contributed by atoms with Crippen LogP contribution in [0.5, 0.6) is 0 Å². The highest BCUT2D eigenvalue weighted by Crippen LogP contribution is 2.26. The Bertz CT molecular complexity index is 1610. The molecule has 53 heavy (non-hydrogen) atoms. The summed E-state index contributed by atoms with van der Waals surface area (Å²) in [6, 6.07) is 9.80. The van der Waals surface area contributed by atoms with Crippen LogP contribution in [0.15, 0.2) is 30.3 Å². The molecule has 1 saturated heterocycles. The van der Waals surface area contributed by atoms with Crippen molar-refractivity contribution in [2.75, 3.05) is 55.2 Å². The number of ether oxygens (including phenoxy) is 2. The van der Waals surface area contributed by atoms with Crippen molar-refractivity contribution in [2.24, 2.45) is 0 Å². The van der Waals surface area contributed by atoms with Crippen molar-refractivity contribution < 1.29 is 27.5 Å². The summed E-state index contributed by atoms with van der Waals surface area (Å²) in [6.07, 6.45) is 5.20. The zero-order valence-corrected chi connectivity index (χ0v) is 33.9. The van der Waals surface area contributed by atoms with Gasteiger partial charge in [0.05, 0.1) is 5.25 Å². The number of carbonyl (C=O) groups excluding carboxylic acids is 2. The van der Waals surface area contributed by atoms with Crippen LogP contribution in [-0.2, 0) is 32.6 Å². The number of nitrogen functional groups attached to an aromatic ring is 1. The zero-order chi connectivity index (χ0) is 39.0. The van der Waals surface area contributed by atoms with Crippen molar-refractivity contribution in [1.82, 2.24) is 24.1 Å². The summed E-state index contributed by atoms with van der Waals surface area (Å²) in [5, 5.41) is 2.80. The van der Waals surface area contributed by atoms with Gasteiger partial charge in [-0.15, -0.1) is 0 Å². The quantitative estimate of drug-likeness (QED) is 0.238. The van der Waals surface area contributed by atoms with Gasteiger partial charge in [0.2, 0.25) is 16.0 Å². The lowest BCUT2D eigenvalue weighted by atomic mass is 9.94. The number of hydrogen-bond donors (Lipinski definition) is 2. The number of aromatic nitrogens is 2. The first-order chi connectivity index (χ1) is 24.8. The molecule has 1 aromatic heterocycles. The van der Waals surface area contributed by atoms with E-state index < -0.39 is 32.6 Å².